The van der Waals surface area contributed by atoms with Crippen molar-refractivity contribution in [3.8, 4) is 5.75 Å². The van der Waals surface area contributed by atoms with E-state index in [-0.39, 0.29) is 28.7 Å². The van der Waals surface area contributed by atoms with Crippen LogP contribution < -0.4 is 4.74 Å². The number of urea groups is 1. The van der Waals surface area contributed by atoms with Gasteiger partial charge in [-0.3, -0.25) is 0 Å². The smallest absolute Gasteiger partial charge is 0.416 e. The Morgan fingerprint density at radius 1 is 0.972 bits per heavy atom. The number of carbonyl (C=O) groups excluding carboxylic acids is 1. The molecule has 3 saturated carbocycles. The Morgan fingerprint density at radius 2 is 1.61 bits per heavy atom. The van der Waals surface area contributed by atoms with Crippen LogP contribution in [0.4, 0.5) is 22.4 Å². The average molecular weight is 506 g/mol. The molecule has 36 heavy (non-hydrogen) atoms. The summed E-state index contributed by atoms with van der Waals surface area (Å²) in [4.78, 5) is 21.1. The van der Waals surface area contributed by atoms with Crippen molar-refractivity contribution in [3.63, 3.8) is 0 Å². The summed E-state index contributed by atoms with van der Waals surface area (Å²) in [6, 6.07) is 2.73. The van der Waals surface area contributed by atoms with E-state index in [0.29, 0.717) is 44.0 Å². The van der Waals surface area contributed by atoms with Crippen molar-refractivity contribution in [2.24, 2.45) is 10.8 Å². The number of nitrogens with zero attached hydrogens (tertiary/aromatic N) is 5. The van der Waals surface area contributed by atoms with E-state index in [1.807, 2.05) is 20.8 Å². The van der Waals surface area contributed by atoms with Gasteiger partial charge in [0.15, 0.2) is 5.82 Å². The first-order chi connectivity index (χ1) is 17.1. The summed E-state index contributed by atoms with van der Waals surface area (Å²) in [6.45, 7) is 2.83. The third-order valence-electron chi connectivity index (χ3n) is 8.65. The molecule has 2 saturated heterocycles. The lowest BCUT2D eigenvalue weighted by Gasteiger charge is -2.63. The molecule has 3 heterocycles. The molecular formula is C25H27F4N5O2. The fourth-order valence-electron chi connectivity index (χ4n) is 6.61. The maximum absolute atomic E-state index is 13.6. The SMILES string of the molecule is O=C(N1CC2(CC(Oc3cc(F)cc(C(F)(F)F)c3)C2)C1)N1CC2(CC(n3cnc(C4CC4)n3)C2)C1. The van der Waals surface area contributed by atoms with Crippen LogP contribution in [0.1, 0.15) is 61.9 Å². The number of aromatic nitrogens is 3. The second kappa shape index (κ2) is 7.35. The summed E-state index contributed by atoms with van der Waals surface area (Å²) >= 11 is 0. The molecule has 11 heteroatoms. The van der Waals surface area contributed by atoms with E-state index in [9.17, 15) is 22.4 Å². The molecule has 3 aliphatic carbocycles. The Balaban J connectivity index is 0.858. The Bertz CT molecular complexity index is 1200. The first-order valence-electron chi connectivity index (χ1n) is 12.6. The Labute approximate surface area is 205 Å². The van der Waals surface area contributed by atoms with Gasteiger partial charge >= 0.3 is 12.2 Å². The van der Waals surface area contributed by atoms with Crippen molar-refractivity contribution in [2.45, 2.75) is 62.8 Å². The van der Waals surface area contributed by atoms with E-state index < -0.39 is 17.6 Å². The lowest BCUT2D eigenvalue weighted by atomic mass is 9.60. The fourth-order valence-corrected chi connectivity index (χ4v) is 6.61. The number of likely N-dealkylation sites (tertiary alicyclic amines) is 2. The summed E-state index contributed by atoms with van der Waals surface area (Å²) in [5.41, 5.74) is -0.873. The molecule has 0 N–H and O–H groups in total. The molecule has 2 aromatic rings. The molecule has 2 amide bonds. The maximum Gasteiger partial charge on any atom is 0.416 e. The first kappa shape index (κ1) is 22.4. The number of rotatable bonds is 4. The number of amides is 2. The minimum Gasteiger partial charge on any atom is -0.490 e. The predicted molar refractivity (Wildman–Crippen MR) is 119 cm³/mol. The second-order valence-electron chi connectivity index (χ2n) is 11.7. The number of benzene rings is 1. The highest BCUT2D eigenvalue weighted by Crippen LogP contribution is 2.55. The van der Waals surface area contributed by atoms with E-state index in [0.717, 1.165) is 43.9 Å². The van der Waals surface area contributed by atoms with Gasteiger partial charge in [0.1, 0.15) is 24.0 Å². The summed E-state index contributed by atoms with van der Waals surface area (Å²) in [5, 5.41) is 4.64. The molecule has 192 valence electrons. The zero-order valence-electron chi connectivity index (χ0n) is 19.7. The monoisotopic (exact) mass is 505 g/mol. The highest BCUT2D eigenvalue weighted by molar-refractivity contribution is 5.77. The largest absolute Gasteiger partial charge is 0.490 e. The molecule has 0 unspecified atom stereocenters. The minimum absolute atomic E-state index is 0.0308. The van der Waals surface area contributed by atoms with Crippen LogP contribution in [-0.2, 0) is 6.18 Å². The molecule has 7 nitrogen and oxygen atoms in total. The minimum atomic E-state index is -4.62. The summed E-state index contributed by atoms with van der Waals surface area (Å²) in [7, 11) is 0. The Hall–Kier alpha value is -2.85. The molecule has 5 aliphatic rings. The molecule has 1 aromatic heterocycles. The van der Waals surface area contributed by atoms with Gasteiger partial charge in [0.25, 0.3) is 0 Å². The normalized spacial score (nSPS) is 24.8. The van der Waals surface area contributed by atoms with Crippen molar-refractivity contribution in [2.75, 3.05) is 26.2 Å². The summed E-state index contributed by atoms with van der Waals surface area (Å²) in [6.07, 6.45) is 2.72. The van der Waals surface area contributed by atoms with Gasteiger partial charge in [0.2, 0.25) is 0 Å². The van der Waals surface area contributed by atoms with Gasteiger partial charge in [-0.15, -0.1) is 0 Å². The van der Waals surface area contributed by atoms with Crippen LogP contribution in [-0.4, -0.2) is 62.9 Å². The number of halogens is 4. The quantitative estimate of drug-likeness (QED) is 0.570. The average Bonchev–Trinajstić information content (AvgIpc) is 3.43. The van der Waals surface area contributed by atoms with E-state index in [1.165, 1.54) is 12.8 Å². The van der Waals surface area contributed by atoms with Gasteiger partial charge in [0.05, 0.1) is 11.6 Å². The van der Waals surface area contributed by atoms with Crippen LogP contribution in [0.5, 0.6) is 5.75 Å². The molecule has 5 fully saturated rings. The number of alkyl halides is 3. The molecular weight excluding hydrogens is 478 g/mol. The highest BCUT2D eigenvalue weighted by atomic mass is 19.4. The van der Waals surface area contributed by atoms with Gasteiger partial charge in [-0.1, -0.05) is 0 Å². The molecule has 0 atom stereocenters. The van der Waals surface area contributed by atoms with Crippen LogP contribution in [0.25, 0.3) is 0 Å². The van der Waals surface area contributed by atoms with Crippen molar-refractivity contribution in [1.82, 2.24) is 24.6 Å². The first-order valence-corrected chi connectivity index (χ1v) is 12.6. The topological polar surface area (TPSA) is 63.5 Å². The lowest BCUT2D eigenvalue weighted by molar-refractivity contribution is -0.138. The third kappa shape index (κ3) is 3.73. The molecule has 7 rings (SSSR count). The second-order valence-corrected chi connectivity index (χ2v) is 11.7. The van der Waals surface area contributed by atoms with Crippen LogP contribution in [0, 0.1) is 16.6 Å². The van der Waals surface area contributed by atoms with Gasteiger partial charge < -0.3 is 14.5 Å². The summed E-state index contributed by atoms with van der Waals surface area (Å²) in [5.74, 6) is 0.453. The maximum atomic E-state index is 13.6. The fraction of sp³-hybridized carbons (Fsp3) is 0.640. The number of carbonyl (C=O) groups is 1. The molecule has 0 radical (unpaired) electrons. The van der Waals surface area contributed by atoms with Crippen molar-refractivity contribution < 1.29 is 27.1 Å². The van der Waals surface area contributed by atoms with Crippen LogP contribution >= 0.6 is 0 Å². The van der Waals surface area contributed by atoms with Crippen molar-refractivity contribution in [1.29, 1.82) is 0 Å². The number of hydrogen-bond acceptors (Lipinski definition) is 4. The zero-order valence-corrected chi connectivity index (χ0v) is 19.7. The molecule has 0 bridgehead atoms. The van der Waals surface area contributed by atoms with Gasteiger partial charge in [0, 0.05) is 49.0 Å². The highest BCUT2D eigenvalue weighted by Gasteiger charge is 2.59. The molecule has 2 spiro atoms. The van der Waals surface area contributed by atoms with Crippen LogP contribution in [0.2, 0.25) is 0 Å². The van der Waals surface area contributed by atoms with Crippen molar-refractivity contribution >= 4 is 6.03 Å². The molecule has 1 aromatic carbocycles. The van der Waals surface area contributed by atoms with Gasteiger partial charge in [-0.05, 0) is 50.7 Å². The zero-order chi connectivity index (χ0) is 24.9. The van der Waals surface area contributed by atoms with Gasteiger partial charge in [-0.25, -0.2) is 18.9 Å². The van der Waals surface area contributed by atoms with Gasteiger partial charge in [-0.2, -0.15) is 18.3 Å². The number of hydrogen-bond donors (Lipinski definition) is 0. The summed E-state index contributed by atoms with van der Waals surface area (Å²) < 4.78 is 60.0. The molecule has 2 aliphatic heterocycles. The van der Waals surface area contributed by atoms with Crippen LogP contribution in [0.3, 0.4) is 0 Å². The predicted octanol–water partition coefficient (Wildman–Crippen LogP) is 4.61. The van der Waals surface area contributed by atoms with Crippen LogP contribution in [0.15, 0.2) is 24.5 Å². The standard InChI is InChI=1S/C25H27F4N5O2/c26-17-3-16(25(27,28)29)4-19(5-17)36-20-8-24(9-20)12-33(13-24)22(35)32-10-23(11-32)6-18(7-23)34-14-30-21(31-34)15-1-2-15/h3-5,14-15,18,20H,1-2,6-13H2. The Morgan fingerprint density at radius 3 is 2.22 bits per heavy atom. The van der Waals surface area contributed by atoms with Crippen molar-refractivity contribution in [3.05, 3.63) is 41.7 Å². The third-order valence-corrected chi connectivity index (χ3v) is 8.65. The van der Waals surface area contributed by atoms with E-state index in [2.05, 4.69) is 10.1 Å². The van der Waals surface area contributed by atoms with E-state index in [1.54, 1.807) is 0 Å². The van der Waals surface area contributed by atoms with E-state index >= 15 is 0 Å². The van der Waals surface area contributed by atoms with E-state index in [4.69, 9.17) is 4.74 Å². The number of ether oxygens (including phenoxy) is 1. The lowest BCUT2D eigenvalue weighted by Crippen LogP contribution is -2.71. The Kier molecular flexibility index (Phi) is 4.56.